The molecule has 2 atom stereocenters. The van der Waals surface area contributed by atoms with Crippen LogP contribution in [0.3, 0.4) is 0 Å². The standard InChI is InChI=1S/C16H32N2/c1-13(2)17-11-16(7-5-6-8-16)12-18-10-14(3)9-15(18)4/h13-15,17H,5-12H2,1-4H3. The summed E-state index contributed by atoms with van der Waals surface area (Å²) >= 11 is 0. The molecular weight excluding hydrogens is 220 g/mol. The molecule has 2 fully saturated rings. The van der Waals surface area contributed by atoms with Crippen LogP contribution in [0.5, 0.6) is 0 Å². The van der Waals surface area contributed by atoms with E-state index in [4.69, 9.17) is 0 Å². The van der Waals surface area contributed by atoms with Gasteiger partial charge in [0.2, 0.25) is 0 Å². The summed E-state index contributed by atoms with van der Waals surface area (Å²) in [4.78, 5) is 2.76. The van der Waals surface area contributed by atoms with Crippen molar-refractivity contribution in [1.29, 1.82) is 0 Å². The Bertz CT molecular complexity index is 256. The molecule has 0 aromatic heterocycles. The summed E-state index contributed by atoms with van der Waals surface area (Å²) in [6.07, 6.45) is 7.15. The molecule has 0 radical (unpaired) electrons. The average Bonchev–Trinajstić information content (AvgIpc) is 2.85. The van der Waals surface area contributed by atoms with Crippen molar-refractivity contribution in [2.75, 3.05) is 19.6 Å². The van der Waals surface area contributed by atoms with Gasteiger partial charge in [0.05, 0.1) is 0 Å². The molecule has 2 heteroatoms. The molecule has 0 aromatic rings. The lowest BCUT2D eigenvalue weighted by Crippen LogP contribution is -2.45. The molecule has 1 aliphatic heterocycles. The number of nitrogens with one attached hydrogen (secondary N) is 1. The Morgan fingerprint density at radius 3 is 2.39 bits per heavy atom. The van der Waals surface area contributed by atoms with Crippen molar-refractivity contribution in [3.05, 3.63) is 0 Å². The Kier molecular flexibility index (Phi) is 4.71. The Hall–Kier alpha value is -0.0800. The van der Waals surface area contributed by atoms with Gasteiger partial charge >= 0.3 is 0 Å². The van der Waals surface area contributed by atoms with E-state index in [9.17, 15) is 0 Å². The van der Waals surface area contributed by atoms with Crippen LogP contribution < -0.4 is 5.32 Å². The second kappa shape index (κ2) is 5.92. The fourth-order valence-corrected chi connectivity index (χ4v) is 3.97. The van der Waals surface area contributed by atoms with Crippen LogP contribution >= 0.6 is 0 Å². The second-order valence-corrected chi connectivity index (χ2v) is 7.36. The molecular formula is C16H32N2. The van der Waals surface area contributed by atoms with Crippen LogP contribution in [-0.4, -0.2) is 36.6 Å². The Morgan fingerprint density at radius 1 is 1.22 bits per heavy atom. The number of likely N-dealkylation sites (tertiary alicyclic amines) is 1. The van der Waals surface area contributed by atoms with Gasteiger partial charge in [0.1, 0.15) is 0 Å². The molecule has 2 nitrogen and oxygen atoms in total. The topological polar surface area (TPSA) is 15.3 Å². The van der Waals surface area contributed by atoms with Gasteiger partial charge in [-0.3, -0.25) is 4.90 Å². The molecule has 18 heavy (non-hydrogen) atoms. The highest BCUT2D eigenvalue weighted by Crippen LogP contribution is 2.40. The molecule has 0 bridgehead atoms. The third-order valence-electron chi connectivity index (χ3n) is 5.00. The minimum Gasteiger partial charge on any atom is -0.314 e. The molecule has 2 unspecified atom stereocenters. The summed E-state index contributed by atoms with van der Waals surface area (Å²) < 4.78 is 0. The fraction of sp³-hybridized carbons (Fsp3) is 1.00. The minimum absolute atomic E-state index is 0.572. The Labute approximate surface area is 114 Å². The highest BCUT2D eigenvalue weighted by molar-refractivity contribution is 4.93. The summed E-state index contributed by atoms with van der Waals surface area (Å²) in [6.45, 7) is 13.2. The molecule has 0 spiro atoms. The first-order chi connectivity index (χ1) is 8.51. The van der Waals surface area contributed by atoms with Crippen molar-refractivity contribution in [1.82, 2.24) is 10.2 Å². The Balaban J connectivity index is 1.93. The van der Waals surface area contributed by atoms with Gasteiger partial charge in [-0.15, -0.1) is 0 Å². The molecule has 1 saturated heterocycles. The first-order valence-electron chi connectivity index (χ1n) is 7.98. The lowest BCUT2D eigenvalue weighted by atomic mass is 9.85. The van der Waals surface area contributed by atoms with E-state index in [0.29, 0.717) is 11.5 Å². The van der Waals surface area contributed by atoms with Gasteiger partial charge in [-0.1, -0.05) is 33.6 Å². The van der Waals surface area contributed by atoms with E-state index in [0.717, 1.165) is 12.0 Å². The van der Waals surface area contributed by atoms with E-state index in [1.165, 1.54) is 51.7 Å². The van der Waals surface area contributed by atoms with E-state index < -0.39 is 0 Å². The zero-order valence-electron chi connectivity index (χ0n) is 12.8. The zero-order chi connectivity index (χ0) is 13.2. The summed E-state index contributed by atoms with van der Waals surface area (Å²) in [7, 11) is 0. The fourth-order valence-electron chi connectivity index (χ4n) is 3.97. The van der Waals surface area contributed by atoms with Crippen LogP contribution in [0.25, 0.3) is 0 Å². The monoisotopic (exact) mass is 252 g/mol. The van der Waals surface area contributed by atoms with Crippen LogP contribution in [0.1, 0.15) is 59.8 Å². The van der Waals surface area contributed by atoms with Crippen LogP contribution in [0.15, 0.2) is 0 Å². The molecule has 106 valence electrons. The maximum atomic E-state index is 3.70. The largest absolute Gasteiger partial charge is 0.314 e. The van der Waals surface area contributed by atoms with Gasteiger partial charge in [0, 0.05) is 31.7 Å². The number of rotatable bonds is 5. The van der Waals surface area contributed by atoms with E-state index >= 15 is 0 Å². The van der Waals surface area contributed by atoms with E-state index in [1.54, 1.807) is 0 Å². The maximum Gasteiger partial charge on any atom is 0.00702 e. The molecule has 2 rings (SSSR count). The molecule has 1 N–H and O–H groups in total. The molecule has 1 saturated carbocycles. The summed E-state index contributed by atoms with van der Waals surface area (Å²) in [5.41, 5.74) is 0.572. The van der Waals surface area contributed by atoms with Gasteiger partial charge in [0.15, 0.2) is 0 Å². The van der Waals surface area contributed by atoms with Crippen molar-refractivity contribution in [3.63, 3.8) is 0 Å². The van der Waals surface area contributed by atoms with Crippen molar-refractivity contribution in [2.45, 2.75) is 71.9 Å². The quantitative estimate of drug-likeness (QED) is 0.808. The SMILES string of the molecule is CC1CC(C)N(CC2(CNC(C)C)CCCC2)C1. The smallest absolute Gasteiger partial charge is 0.00702 e. The van der Waals surface area contributed by atoms with Gasteiger partial charge in [-0.25, -0.2) is 0 Å². The van der Waals surface area contributed by atoms with Crippen LogP contribution in [0, 0.1) is 11.3 Å². The first kappa shape index (κ1) is 14.3. The van der Waals surface area contributed by atoms with Crippen molar-refractivity contribution in [2.24, 2.45) is 11.3 Å². The minimum atomic E-state index is 0.572. The number of hydrogen-bond acceptors (Lipinski definition) is 2. The van der Waals surface area contributed by atoms with E-state index in [2.05, 4.69) is 37.9 Å². The average molecular weight is 252 g/mol. The number of nitrogens with zero attached hydrogens (tertiary/aromatic N) is 1. The van der Waals surface area contributed by atoms with Gasteiger partial charge < -0.3 is 5.32 Å². The van der Waals surface area contributed by atoms with Crippen molar-refractivity contribution in [3.8, 4) is 0 Å². The van der Waals surface area contributed by atoms with Gasteiger partial charge in [0.25, 0.3) is 0 Å². The van der Waals surface area contributed by atoms with Gasteiger partial charge in [-0.2, -0.15) is 0 Å². The maximum absolute atomic E-state index is 3.70. The molecule has 1 heterocycles. The molecule has 0 amide bonds. The van der Waals surface area contributed by atoms with Crippen molar-refractivity contribution < 1.29 is 0 Å². The highest BCUT2D eigenvalue weighted by Gasteiger charge is 2.38. The Morgan fingerprint density at radius 2 is 1.89 bits per heavy atom. The molecule has 2 aliphatic rings. The van der Waals surface area contributed by atoms with Crippen LogP contribution in [-0.2, 0) is 0 Å². The molecule has 1 aliphatic carbocycles. The lowest BCUT2D eigenvalue weighted by Gasteiger charge is -2.36. The second-order valence-electron chi connectivity index (χ2n) is 7.36. The first-order valence-corrected chi connectivity index (χ1v) is 7.98. The number of hydrogen-bond donors (Lipinski definition) is 1. The predicted octanol–water partition coefficient (Wildman–Crippen LogP) is 3.28. The summed E-state index contributed by atoms with van der Waals surface area (Å²) in [6, 6.07) is 1.42. The third kappa shape index (κ3) is 3.48. The summed E-state index contributed by atoms with van der Waals surface area (Å²) in [5.74, 6) is 0.900. The van der Waals surface area contributed by atoms with E-state index in [1.807, 2.05) is 0 Å². The van der Waals surface area contributed by atoms with Crippen LogP contribution in [0.2, 0.25) is 0 Å². The van der Waals surface area contributed by atoms with Gasteiger partial charge in [-0.05, 0) is 37.5 Å². The summed E-state index contributed by atoms with van der Waals surface area (Å²) in [5, 5.41) is 3.70. The van der Waals surface area contributed by atoms with E-state index in [-0.39, 0.29) is 0 Å². The predicted molar refractivity (Wildman–Crippen MR) is 78.9 cm³/mol. The normalized spacial score (nSPS) is 32.5. The molecule has 0 aromatic carbocycles. The van der Waals surface area contributed by atoms with Crippen LogP contribution in [0.4, 0.5) is 0 Å². The third-order valence-corrected chi connectivity index (χ3v) is 5.00. The van der Waals surface area contributed by atoms with Crippen molar-refractivity contribution >= 4 is 0 Å². The zero-order valence-corrected chi connectivity index (χ0v) is 12.8. The lowest BCUT2D eigenvalue weighted by molar-refractivity contribution is 0.140. The highest BCUT2D eigenvalue weighted by atomic mass is 15.2.